The van der Waals surface area contributed by atoms with E-state index in [0.29, 0.717) is 6.54 Å². The Labute approximate surface area is 124 Å². The Morgan fingerprint density at radius 3 is 2.71 bits per heavy atom. The number of aliphatic hydroxyl groups excluding tert-OH is 1. The highest BCUT2D eigenvalue weighted by molar-refractivity contribution is 5.76. The van der Waals surface area contributed by atoms with E-state index in [1.165, 1.54) is 0 Å². The number of nitrogens with zero attached hydrogens (tertiary/aromatic N) is 2. The van der Waals surface area contributed by atoms with Crippen LogP contribution in [0.3, 0.4) is 0 Å². The molecule has 3 rings (SSSR count). The smallest absolute Gasteiger partial charge is 0.140 e. The van der Waals surface area contributed by atoms with E-state index in [0.717, 1.165) is 16.6 Å². The molecule has 0 aliphatic carbocycles. The Balaban J connectivity index is 2.11. The van der Waals surface area contributed by atoms with Gasteiger partial charge in [0.25, 0.3) is 0 Å². The average molecular weight is 281 g/mol. The number of rotatable bonds is 5. The predicted octanol–water partition coefficient (Wildman–Crippen LogP) is 2.21. The fraction of sp³-hybridized carbons (Fsp3) is 0.235. The highest BCUT2D eigenvalue weighted by Gasteiger charge is 2.23. The third kappa shape index (κ3) is 2.68. The molecule has 1 aromatic carbocycles. The minimum atomic E-state index is -0.532. The van der Waals surface area contributed by atoms with Crippen molar-refractivity contribution in [2.75, 3.05) is 13.6 Å². The molecule has 0 aliphatic rings. The second-order valence-corrected chi connectivity index (χ2v) is 5.12. The number of benzene rings is 1. The largest absolute Gasteiger partial charge is 0.389 e. The maximum absolute atomic E-state index is 10.6. The molecule has 0 saturated carbocycles. The first-order valence-electron chi connectivity index (χ1n) is 7.10. The van der Waals surface area contributed by atoms with Crippen LogP contribution in [0.4, 0.5) is 0 Å². The van der Waals surface area contributed by atoms with E-state index < -0.39 is 6.10 Å². The Kier molecular flexibility index (Phi) is 3.99. The van der Waals surface area contributed by atoms with Crippen LogP contribution in [0.25, 0.3) is 11.0 Å². The van der Waals surface area contributed by atoms with Crippen LogP contribution in [-0.2, 0) is 0 Å². The van der Waals surface area contributed by atoms with Gasteiger partial charge in [0.1, 0.15) is 5.65 Å². The van der Waals surface area contributed by atoms with E-state index in [-0.39, 0.29) is 6.04 Å². The van der Waals surface area contributed by atoms with Gasteiger partial charge in [-0.1, -0.05) is 30.3 Å². The van der Waals surface area contributed by atoms with Crippen LogP contribution in [0.5, 0.6) is 0 Å². The van der Waals surface area contributed by atoms with Gasteiger partial charge in [0.2, 0.25) is 0 Å². The molecular formula is C17H19N3O. The van der Waals surface area contributed by atoms with Crippen molar-refractivity contribution in [3.05, 3.63) is 66.5 Å². The van der Waals surface area contributed by atoms with Crippen molar-refractivity contribution >= 4 is 11.0 Å². The van der Waals surface area contributed by atoms with Gasteiger partial charge in [-0.2, -0.15) is 0 Å². The van der Waals surface area contributed by atoms with E-state index in [4.69, 9.17) is 0 Å². The molecule has 2 aromatic heterocycles. The first kappa shape index (κ1) is 13.8. The first-order valence-corrected chi connectivity index (χ1v) is 7.10. The third-order valence-corrected chi connectivity index (χ3v) is 3.69. The molecule has 0 spiro atoms. The molecular weight excluding hydrogens is 262 g/mol. The predicted molar refractivity (Wildman–Crippen MR) is 84.2 cm³/mol. The van der Waals surface area contributed by atoms with Crippen LogP contribution in [0.15, 0.2) is 60.9 Å². The molecule has 0 radical (unpaired) electrons. The maximum Gasteiger partial charge on any atom is 0.140 e. The van der Waals surface area contributed by atoms with Crippen molar-refractivity contribution < 1.29 is 5.11 Å². The lowest BCUT2D eigenvalue weighted by Crippen LogP contribution is -2.33. The minimum absolute atomic E-state index is 0.161. The van der Waals surface area contributed by atoms with Crippen LogP contribution < -0.4 is 5.32 Å². The zero-order valence-corrected chi connectivity index (χ0v) is 12.0. The van der Waals surface area contributed by atoms with Gasteiger partial charge in [-0.3, -0.25) is 0 Å². The molecule has 108 valence electrons. The monoisotopic (exact) mass is 281 g/mol. The topological polar surface area (TPSA) is 50.1 Å². The first-order chi connectivity index (χ1) is 10.3. The number of hydrogen-bond acceptors (Lipinski definition) is 3. The van der Waals surface area contributed by atoms with Gasteiger partial charge in [0, 0.05) is 24.3 Å². The minimum Gasteiger partial charge on any atom is -0.389 e. The number of pyridine rings is 1. The third-order valence-electron chi connectivity index (χ3n) is 3.69. The quantitative estimate of drug-likeness (QED) is 0.754. The number of aromatic nitrogens is 2. The SMILES string of the molecule is CNC[C@@H](O)[C@H](c1ccccc1)n1ccc2cccnc21. The zero-order chi connectivity index (χ0) is 14.7. The van der Waals surface area contributed by atoms with Crippen molar-refractivity contribution in [3.63, 3.8) is 0 Å². The summed E-state index contributed by atoms with van der Waals surface area (Å²) >= 11 is 0. The molecule has 0 amide bonds. The van der Waals surface area contributed by atoms with Crippen molar-refractivity contribution in [3.8, 4) is 0 Å². The van der Waals surface area contributed by atoms with Crippen molar-refractivity contribution in [1.82, 2.24) is 14.9 Å². The van der Waals surface area contributed by atoms with E-state index in [1.807, 2.05) is 66.3 Å². The normalized spacial score (nSPS) is 14.2. The van der Waals surface area contributed by atoms with Gasteiger partial charge in [-0.25, -0.2) is 4.98 Å². The lowest BCUT2D eigenvalue weighted by Gasteiger charge is -2.25. The van der Waals surface area contributed by atoms with Crippen LogP contribution >= 0.6 is 0 Å². The van der Waals surface area contributed by atoms with Crippen LogP contribution in [0.2, 0.25) is 0 Å². The van der Waals surface area contributed by atoms with Gasteiger partial charge < -0.3 is 15.0 Å². The van der Waals surface area contributed by atoms with Crippen LogP contribution in [0.1, 0.15) is 11.6 Å². The summed E-state index contributed by atoms with van der Waals surface area (Å²) in [7, 11) is 1.84. The number of aliphatic hydroxyl groups is 1. The fourth-order valence-corrected chi connectivity index (χ4v) is 2.75. The summed E-state index contributed by atoms with van der Waals surface area (Å²) in [6.07, 6.45) is 3.24. The van der Waals surface area contributed by atoms with E-state index in [1.54, 1.807) is 6.20 Å². The van der Waals surface area contributed by atoms with Gasteiger partial charge in [-0.05, 0) is 30.8 Å². The summed E-state index contributed by atoms with van der Waals surface area (Å²) < 4.78 is 2.05. The summed E-state index contributed by atoms with van der Waals surface area (Å²) in [5.74, 6) is 0. The average Bonchev–Trinajstić information content (AvgIpc) is 2.93. The lowest BCUT2D eigenvalue weighted by atomic mass is 10.0. The summed E-state index contributed by atoms with van der Waals surface area (Å²) in [4.78, 5) is 4.46. The molecule has 0 bridgehead atoms. The molecule has 0 fully saturated rings. The Hall–Kier alpha value is -2.17. The number of likely N-dealkylation sites (N-methyl/N-ethyl adjacent to an activating group) is 1. The fourth-order valence-electron chi connectivity index (χ4n) is 2.75. The molecule has 0 aliphatic heterocycles. The second-order valence-electron chi connectivity index (χ2n) is 5.12. The number of nitrogens with one attached hydrogen (secondary N) is 1. The van der Waals surface area contributed by atoms with Gasteiger partial charge in [-0.15, -0.1) is 0 Å². The van der Waals surface area contributed by atoms with Gasteiger partial charge in [0.15, 0.2) is 0 Å². The van der Waals surface area contributed by atoms with Crippen molar-refractivity contribution in [1.29, 1.82) is 0 Å². The molecule has 2 atom stereocenters. The lowest BCUT2D eigenvalue weighted by molar-refractivity contribution is 0.132. The standard InChI is InChI=1S/C17H19N3O/c1-18-12-15(21)16(13-6-3-2-4-7-13)20-11-9-14-8-5-10-19-17(14)20/h2-11,15-16,18,21H,12H2,1H3/t15-,16+/m1/s1. The zero-order valence-electron chi connectivity index (χ0n) is 12.0. The summed E-state index contributed by atoms with van der Waals surface area (Å²) in [6.45, 7) is 0.520. The van der Waals surface area contributed by atoms with E-state index in [9.17, 15) is 5.11 Å². The molecule has 2 heterocycles. The molecule has 0 saturated heterocycles. The molecule has 3 aromatic rings. The molecule has 4 nitrogen and oxygen atoms in total. The highest BCUT2D eigenvalue weighted by atomic mass is 16.3. The molecule has 21 heavy (non-hydrogen) atoms. The Morgan fingerprint density at radius 2 is 1.95 bits per heavy atom. The van der Waals surface area contributed by atoms with Crippen molar-refractivity contribution in [2.24, 2.45) is 0 Å². The van der Waals surface area contributed by atoms with Crippen LogP contribution in [-0.4, -0.2) is 34.4 Å². The molecule has 0 unspecified atom stereocenters. The Morgan fingerprint density at radius 1 is 1.14 bits per heavy atom. The number of hydrogen-bond donors (Lipinski definition) is 2. The van der Waals surface area contributed by atoms with E-state index >= 15 is 0 Å². The summed E-state index contributed by atoms with van der Waals surface area (Å²) in [5.41, 5.74) is 1.96. The number of fused-ring (bicyclic) bond motifs is 1. The van der Waals surface area contributed by atoms with Gasteiger partial charge >= 0.3 is 0 Å². The Bertz CT molecular complexity index is 708. The second kappa shape index (κ2) is 6.08. The van der Waals surface area contributed by atoms with E-state index in [2.05, 4.69) is 10.3 Å². The molecule has 4 heteroatoms. The highest BCUT2D eigenvalue weighted by Crippen LogP contribution is 2.26. The van der Waals surface area contributed by atoms with Crippen molar-refractivity contribution in [2.45, 2.75) is 12.1 Å². The maximum atomic E-state index is 10.6. The summed E-state index contributed by atoms with van der Waals surface area (Å²) in [6, 6.07) is 15.9. The van der Waals surface area contributed by atoms with Crippen LogP contribution in [0, 0.1) is 0 Å². The van der Waals surface area contributed by atoms with Gasteiger partial charge in [0.05, 0.1) is 12.1 Å². The summed E-state index contributed by atoms with van der Waals surface area (Å²) in [5, 5.41) is 14.7. The molecule has 2 N–H and O–H groups in total.